The van der Waals surface area contributed by atoms with Crippen LogP contribution in [0.1, 0.15) is 48.3 Å². The van der Waals surface area contributed by atoms with Crippen LogP contribution >= 0.6 is 0 Å². The molecule has 0 unspecified atom stereocenters. The number of nitrogens with two attached hydrogens (primary N) is 1. The molecule has 0 fully saturated rings. The average Bonchev–Trinajstić information content (AvgIpc) is 2.60. The highest BCUT2D eigenvalue weighted by Gasteiger charge is 2.13. The Morgan fingerprint density at radius 1 is 1.04 bits per heavy atom. The van der Waals surface area contributed by atoms with Gasteiger partial charge in [-0.25, -0.2) is 0 Å². The van der Waals surface area contributed by atoms with Crippen LogP contribution in [0.3, 0.4) is 0 Å². The third-order valence-corrected chi connectivity index (χ3v) is 4.01. The van der Waals surface area contributed by atoms with Crippen molar-refractivity contribution in [2.75, 3.05) is 6.61 Å². The van der Waals surface area contributed by atoms with Crippen LogP contribution in [-0.4, -0.2) is 18.4 Å². The van der Waals surface area contributed by atoms with Crippen molar-refractivity contribution in [3.05, 3.63) is 65.2 Å². The molecule has 0 radical (unpaired) electrons. The van der Waals surface area contributed by atoms with E-state index in [1.165, 1.54) is 5.56 Å². The largest absolute Gasteiger partial charge is 0.483 e. The van der Waals surface area contributed by atoms with Crippen LogP contribution in [-0.2, 0) is 11.2 Å². The lowest BCUT2D eigenvalue weighted by molar-refractivity contribution is -0.123. The summed E-state index contributed by atoms with van der Waals surface area (Å²) >= 11 is 0. The number of benzene rings is 2. The smallest absolute Gasteiger partial charge is 0.258 e. The Kier molecular flexibility index (Phi) is 6.78. The highest BCUT2D eigenvalue weighted by Crippen LogP contribution is 2.18. The maximum absolute atomic E-state index is 12.1. The van der Waals surface area contributed by atoms with Crippen LogP contribution in [0.25, 0.3) is 0 Å². The summed E-state index contributed by atoms with van der Waals surface area (Å²) in [5, 5.41) is 2.90. The molecule has 26 heavy (non-hydrogen) atoms. The van der Waals surface area contributed by atoms with Crippen molar-refractivity contribution in [3.8, 4) is 5.75 Å². The van der Waals surface area contributed by atoms with Gasteiger partial charge in [-0.1, -0.05) is 50.2 Å². The molecule has 2 amide bonds. The zero-order valence-electron chi connectivity index (χ0n) is 15.5. The SMILES string of the molecule is CC(C)Cc1ccc([C@H](C)NC(=O)COc2ccccc2C(N)=O)cc1. The monoisotopic (exact) mass is 354 g/mol. The molecule has 2 aromatic carbocycles. The Labute approximate surface area is 154 Å². The van der Waals surface area contributed by atoms with Crippen LogP contribution in [0.2, 0.25) is 0 Å². The van der Waals surface area contributed by atoms with Gasteiger partial charge in [0.25, 0.3) is 11.8 Å². The van der Waals surface area contributed by atoms with E-state index in [2.05, 4.69) is 31.3 Å². The van der Waals surface area contributed by atoms with Crippen molar-refractivity contribution in [1.29, 1.82) is 0 Å². The first-order chi connectivity index (χ1) is 12.4. The lowest BCUT2D eigenvalue weighted by Gasteiger charge is -2.16. The first kappa shape index (κ1) is 19.5. The summed E-state index contributed by atoms with van der Waals surface area (Å²) in [6, 6.07) is 14.7. The van der Waals surface area contributed by atoms with Crippen molar-refractivity contribution < 1.29 is 14.3 Å². The summed E-state index contributed by atoms with van der Waals surface area (Å²) in [6.07, 6.45) is 1.04. The molecule has 0 aliphatic rings. The Morgan fingerprint density at radius 3 is 2.31 bits per heavy atom. The fraction of sp³-hybridized carbons (Fsp3) is 0.333. The number of amides is 2. The predicted octanol–water partition coefficient (Wildman–Crippen LogP) is 3.24. The van der Waals surface area contributed by atoms with E-state index < -0.39 is 5.91 Å². The summed E-state index contributed by atoms with van der Waals surface area (Å²) in [7, 11) is 0. The van der Waals surface area contributed by atoms with Crippen molar-refractivity contribution in [1.82, 2.24) is 5.32 Å². The van der Waals surface area contributed by atoms with Gasteiger partial charge in [0.15, 0.2) is 6.61 Å². The van der Waals surface area contributed by atoms with Crippen molar-refractivity contribution in [3.63, 3.8) is 0 Å². The highest BCUT2D eigenvalue weighted by molar-refractivity contribution is 5.95. The third kappa shape index (κ3) is 5.62. The van der Waals surface area contributed by atoms with E-state index in [0.717, 1.165) is 12.0 Å². The van der Waals surface area contributed by atoms with Crippen LogP contribution in [0.5, 0.6) is 5.75 Å². The summed E-state index contributed by atoms with van der Waals surface area (Å²) < 4.78 is 5.45. The molecule has 5 nitrogen and oxygen atoms in total. The first-order valence-corrected chi connectivity index (χ1v) is 8.76. The second-order valence-electron chi connectivity index (χ2n) is 6.78. The van der Waals surface area contributed by atoms with Crippen LogP contribution in [0, 0.1) is 5.92 Å². The summed E-state index contributed by atoms with van der Waals surface area (Å²) in [5.74, 6) is 0.0677. The second-order valence-corrected chi connectivity index (χ2v) is 6.78. The van der Waals surface area contributed by atoms with Gasteiger partial charge in [-0.3, -0.25) is 9.59 Å². The minimum Gasteiger partial charge on any atom is -0.483 e. The Balaban J connectivity index is 1.90. The number of carbonyl (C=O) groups excluding carboxylic acids is 2. The molecule has 2 aromatic rings. The van der Waals surface area contributed by atoms with Crippen LogP contribution < -0.4 is 15.8 Å². The maximum atomic E-state index is 12.1. The minimum absolute atomic E-state index is 0.134. The summed E-state index contributed by atoms with van der Waals surface area (Å²) in [4.78, 5) is 23.5. The molecule has 0 saturated heterocycles. The Bertz CT molecular complexity index is 754. The molecule has 0 aliphatic carbocycles. The molecule has 0 aromatic heterocycles. The van der Waals surface area contributed by atoms with E-state index in [0.29, 0.717) is 11.7 Å². The van der Waals surface area contributed by atoms with E-state index in [-0.39, 0.29) is 24.1 Å². The number of hydrogen-bond donors (Lipinski definition) is 2. The van der Waals surface area contributed by atoms with E-state index in [1.54, 1.807) is 24.3 Å². The normalized spacial score (nSPS) is 11.8. The standard InChI is InChI=1S/C21H26N2O3/c1-14(2)12-16-8-10-17(11-9-16)15(3)23-20(24)13-26-19-7-5-4-6-18(19)21(22)25/h4-11,14-15H,12-13H2,1-3H3,(H2,22,25)(H,23,24)/t15-/m0/s1. The number of carbonyl (C=O) groups is 2. The molecule has 5 heteroatoms. The zero-order chi connectivity index (χ0) is 19.1. The third-order valence-electron chi connectivity index (χ3n) is 4.01. The number of nitrogens with one attached hydrogen (secondary N) is 1. The van der Waals surface area contributed by atoms with E-state index in [4.69, 9.17) is 10.5 Å². The molecule has 3 N–H and O–H groups in total. The molecule has 2 rings (SSSR count). The molecule has 1 atom stereocenters. The summed E-state index contributed by atoms with van der Waals surface area (Å²) in [6.45, 7) is 6.12. The lowest BCUT2D eigenvalue weighted by Crippen LogP contribution is -2.31. The summed E-state index contributed by atoms with van der Waals surface area (Å²) in [5.41, 5.74) is 7.88. The average molecular weight is 354 g/mol. The minimum atomic E-state index is -0.587. The number of ether oxygens (including phenoxy) is 1. The van der Waals surface area contributed by atoms with Gasteiger partial charge >= 0.3 is 0 Å². The second kappa shape index (κ2) is 9.04. The van der Waals surface area contributed by atoms with E-state index in [9.17, 15) is 9.59 Å². The van der Waals surface area contributed by atoms with Crippen LogP contribution in [0.15, 0.2) is 48.5 Å². The zero-order valence-corrected chi connectivity index (χ0v) is 15.5. The molecule has 0 bridgehead atoms. The van der Waals surface area contributed by atoms with E-state index >= 15 is 0 Å². The van der Waals surface area contributed by atoms with Gasteiger partial charge in [-0.05, 0) is 42.5 Å². The topological polar surface area (TPSA) is 81.4 Å². The molecule has 0 aliphatic heterocycles. The Hall–Kier alpha value is -2.82. The van der Waals surface area contributed by atoms with Gasteiger partial charge in [0.2, 0.25) is 0 Å². The Morgan fingerprint density at radius 2 is 1.69 bits per heavy atom. The van der Waals surface area contributed by atoms with Crippen molar-refractivity contribution in [2.45, 2.75) is 33.2 Å². The molecule has 138 valence electrons. The molecule has 0 saturated carbocycles. The van der Waals surface area contributed by atoms with Crippen molar-refractivity contribution >= 4 is 11.8 Å². The number of rotatable bonds is 8. The quantitative estimate of drug-likeness (QED) is 0.763. The fourth-order valence-electron chi connectivity index (χ4n) is 2.72. The fourth-order valence-corrected chi connectivity index (χ4v) is 2.72. The van der Waals surface area contributed by atoms with Gasteiger partial charge in [0, 0.05) is 0 Å². The van der Waals surface area contributed by atoms with Crippen molar-refractivity contribution in [2.24, 2.45) is 11.7 Å². The number of hydrogen-bond acceptors (Lipinski definition) is 3. The van der Waals surface area contributed by atoms with Crippen LogP contribution in [0.4, 0.5) is 0 Å². The maximum Gasteiger partial charge on any atom is 0.258 e. The first-order valence-electron chi connectivity index (χ1n) is 8.76. The number of primary amides is 1. The van der Waals surface area contributed by atoms with Gasteiger partial charge in [-0.2, -0.15) is 0 Å². The molecular formula is C21H26N2O3. The van der Waals surface area contributed by atoms with Gasteiger partial charge in [-0.15, -0.1) is 0 Å². The molecule has 0 spiro atoms. The van der Waals surface area contributed by atoms with Gasteiger partial charge < -0.3 is 15.8 Å². The molecular weight excluding hydrogens is 328 g/mol. The van der Waals surface area contributed by atoms with Gasteiger partial charge in [0.1, 0.15) is 5.75 Å². The number of para-hydroxylation sites is 1. The predicted molar refractivity (Wildman–Crippen MR) is 102 cm³/mol. The highest BCUT2D eigenvalue weighted by atomic mass is 16.5. The lowest BCUT2D eigenvalue weighted by atomic mass is 10.00. The molecule has 0 heterocycles. The van der Waals surface area contributed by atoms with Gasteiger partial charge in [0.05, 0.1) is 11.6 Å². The van der Waals surface area contributed by atoms with E-state index in [1.807, 2.05) is 19.1 Å².